The zero-order valence-corrected chi connectivity index (χ0v) is 16.3. The summed E-state index contributed by atoms with van der Waals surface area (Å²) in [5.74, 6) is -0.586. The van der Waals surface area contributed by atoms with Crippen molar-refractivity contribution in [2.24, 2.45) is 0 Å². The van der Waals surface area contributed by atoms with Gasteiger partial charge < -0.3 is 19.5 Å². The van der Waals surface area contributed by atoms with Crippen LogP contribution < -0.4 is 14.8 Å². The molecule has 0 saturated carbocycles. The quantitative estimate of drug-likeness (QED) is 0.555. The topological polar surface area (TPSA) is 90.9 Å². The van der Waals surface area contributed by atoms with E-state index in [1.807, 2.05) is 19.9 Å². The van der Waals surface area contributed by atoms with E-state index in [2.05, 4.69) is 5.32 Å². The number of carbonyl (C=O) groups is 3. The fourth-order valence-electron chi connectivity index (χ4n) is 2.43. The van der Waals surface area contributed by atoms with Crippen molar-refractivity contribution in [3.05, 3.63) is 58.7 Å². The first-order valence-corrected chi connectivity index (χ1v) is 8.62. The minimum absolute atomic E-state index is 0.324. The number of carbonyl (C=O) groups excluding carboxylic acids is 3. The highest BCUT2D eigenvalue weighted by atomic mass is 16.5. The van der Waals surface area contributed by atoms with Gasteiger partial charge in [-0.05, 0) is 55.3 Å². The summed E-state index contributed by atoms with van der Waals surface area (Å²) in [5, 5.41) is 2.48. The Kier molecular flexibility index (Phi) is 7.14. The molecule has 0 aliphatic carbocycles. The fraction of sp³-hybridized carbons (Fsp3) is 0.286. The number of methoxy groups -OCH3 is 2. The van der Waals surface area contributed by atoms with Crippen LogP contribution in [0.5, 0.6) is 11.5 Å². The molecule has 0 saturated heterocycles. The van der Waals surface area contributed by atoms with Crippen molar-refractivity contribution in [3.8, 4) is 11.5 Å². The van der Waals surface area contributed by atoms with Crippen molar-refractivity contribution in [3.63, 3.8) is 0 Å². The van der Waals surface area contributed by atoms with Crippen molar-refractivity contribution >= 4 is 17.7 Å². The molecule has 0 bridgehead atoms. The van der Waals surface area contributed by atoms with Gasteiger partial charge >= 0.3 is 5.97 Å². The van der Waals surface area contributed by atoms with Crippen LogP contribution in [0.15, 0.2) is 36.4 Å². The van der Waals surface area contributed by atoms with Gasteiger partial charge in [0.15, 0.2) is 23.9 Å². The maximum Gasteiger partial charge on any atom is 0.325 e. The van der Waals surface area contributed by atoms with Gasteiger partial charge in [-0.3, -0.25) is 14.4 Å². The smallest absolute Gasteiger partial charge is 0.325 e. The van der Waals surface area contributed by atoms with Gasteiger partial charge in [0.1, 0.15) is 6.54 Å². The van der Waals surface area contributed by atoms with E-state index in [-0.39, 0.29) is 12.5 Å². The van der Waals surface area contributed by atoms with Crippen LogP contribution >= 0.6 is 0 Å². The second-order valence-corrected chi connectivity index (χ2v) is 6.14. The molecule has 2 rings (SSSR count). The fourth-order valence-corrected chi connectivity index (χ4v) is 2.43. The molecule has 2 aromatic carbocycles. The number of amides is 1. The molecule has 2 aromatic rings. The van der Waals surface area contributed by atoms with E-state index in [1.54, 1.807) is 24.3 Å². The normalized spacial score (nSPS) is 10.1. The largest absolute Gasteiger partial charge is 0.493 e. The number of aryl methyl sites for hydroxylation is 2. The number of hydrogen-bond acceptors (Lipinski definition) is 6. The van der Waals surface area contributed by atoms with Crippen LogP contribution in [-0.4, -0.2) is 45.0 Å². The summed E-state index contributed by atoms with van der Waals surface area (Å²) in [6.45, 7) is 3.09. The summed E-state index contributed by atoms with van der Waals surface area (Å²) < 4.78 is 15.2. The molecule has 0 spiro atoms. The molecule has 0 heterocycles. The predicted octanol–water partition coefficient (Wildman–Crippen LogP) is 2.48. The first-order chi connectivity index (χ1) is 13.3. The molecular weight excluding hydrogens is 362 g/mol. The SMILES string of the molecule is COc1ccc(C(=O)COC(=O)CNC(=O)c2ccc(C)c(C)c2)cc1OC. The molecule has 1 amide bonds. The Bertz CT molecular complexity index is 890. The molecule has 0 aliphatic heterocycles. The van der Waals surface area contributed by atoms with E-state index in [0.717, 1.165) is 11.1 Å². The van der Waals surface area contributed by atoms with Gasteiger partial charge in [-0.1, -0.05) is 6.07 Å². The molecule has 7 nitrogen and oxygen atoms in total. The minimum Gasteiger partial charge on any atom is -0.493 e. The zero-order chi connectivity index (χ0) is 20.7. The number of ketones is 1. The second-order valence-electron chi connectivity index (χ2n) is 6.14. The third kappa shape index (κ3) is 5.33. The predicted molar refractivity (Wildman–Crippen MR) is 103 cm³/mol. The van der Waals surface area contributed by atoms with E-state index in [4.69, 9.17) is 14.2 Å². The molecule has 0 unspecified atom stereocenters. The summed E-state index contributed by atoms with van der Waals surface area (Å²) in [5.41, 5.74) is 2.84. The van der Waals surface area contributed by atoms with Crippen LogP contribution in [0.2, 0.25) is 0 Å². The van der Waals surface area contributed by atoms with Crippen molar-refractivity contribution in [2.75, 3.05) is 27.4 Å². The second kappa shape index (κ2) is 9.55. The van der Waals surface area contributed by atoms with Crippen LogP contribution in [-0.2, 0) is 9.53 Å². The molecule has 148 valence electrons. The molecule has 0 radical (unpaired) electrons. The van der Waals surface area contributed by atoms with Crippen molar-refractivity contribution in [1.82, 2.24) is 5.32 Å². The monoisotopic (exact) mass is 385 g/mol. The molecule has 7 heteroatoms. The molecule has 0 aromatic heterocycles. The molecule has 0 fully saturated rings. The highest BCUT2D eigenvalue weighted by molar-refractivity contribution is 5.99. The van der Waals surface area contributed by atoms with Crippen LogP contribution in [0.3, 0.4) is 0 Å². The lowest BCUT2D eigenvalue weighted by molar-refractivity contribution is -0.141. The Hall–Kier alpha value is -3.35. The van der Waals surface area contributed by atoms with Crippen LogP contribution in [0, 0.1) is 13.8 Å². The van der Waals surface area contributed by atoms with Gasteiger partial charge in [-0.25, -0.2) is 0 Å². The number of Topliss-reactive ketones (excluding diaryl/α,β-unsaturated/α-hetero) is 1. The summed E-state index contributed by atoms with van der Waals surface area (Å²) in [6, 6.07) is 9.93. The van der Waals surface area contributed by atoms with Gasteiger partial charge in [0.2, 0.25) is 0 Å². The van der Waals surface area contributed by atoms with Crippen molar-refractivity contribution in [2.45, 2.75) is 13.8 Å². The number of hydrogen-bond donors (Lipinski definition) is 1. The molecule has 1 N–H and O–H groups in total. The summed E-state index contributed by atoms with van der Waals surface area (Å²) in [7, 11) is 2.96. The number of benzene rings is 2. The van der Waals surface area contributed by atoms with Gasteiger partial charge in [0.05, 0.1) is 14.2 Å². The van der Waals surface area contributed by atoms with E-state index in [9.17, 15) is 14.4 Å². The van der Waals surface area contributed by atoms with E-state index in [0.29, 0.717) is 22.6 Å². The van der Waals surface area contributed by atoms with E-state index < -0.39 is 18.4 Å². The molecule has 28 heavy (non-hydrogen) atoms. The average Bonchev–Trinajstić information content (AvgIpc) is 2.71. The molecule has 0 aliphatic rings. The number of nitrogens with one attached hydrogen (secondary N) is 1. The highest BCUT2D eigenvalue weighted by Crippen LogP contribution is 2.27. The van der Waals surface area contributed by atoms with Gasteiger partial charge in [-0.2, -0.15) is 0 Å². The lowest BCUT2D eigenvalue weighted by atomic mass is 10.1. The van der Waals surface area contributed by atoms with E-state index >= 15 is 0 Å². The Morgan fingerprint density at radius 1 is 0.857 bits per heavy atom. The van der Waals surface area contributed by atoms with Gasteiger partial charge in [0.25, 0.3) is 5.91 Å². The Balaban J connectivity index is 1.85. The Morgan fingerprint density at radius 3 is 2.18 bits per heavy atom. The summed E-state index contributed by atoms with van der Waals surface area (Å²) in [4.78, 5) is 36.1. The van der Waals surface area contributed by atoms with Crippen LogP contribution in [0.4, 0.5) is 0 Å². The lowest BCUT2D eigenvalue weighted by Gasteiger charge is -2.10. The van der Waals surface area contributed by atoms with Gasteiger partial charge in [0, 0.05) is 11.1 Å². The molecular formula is C21H23NO6. The standard InChI is InChI=1S/C21H23NO6/c1-13-5-6-16(9-14(13)2)21(25)22-11-20(24)28-12-17(23)15-7-8-18(26-3)19(10-15)27-4/h5-10H,11-12H2,1-4H3,(H,22,25). The third-order valence-corrected chi connectivity index (χ3v) is 4.23. The van der Waals surface area contributed by atoms with Crippen LogP contribution in [0.25, 0.3) is 0 Å². The maximum atomic E-state index is 12.2. The summed E-state index contributed by atoms with van der Waals surface area (Å²) in [6.07, 6.45) is 0. The van der Waals surface area contributed by atoms with E-state index in [1.165, 1.54) is 20.3 Å². The lowest BCUT2D eigenvalue weighted by Crippen LogP contribution is -2.31. The number of ether oxygens (including phenoxy) is 3. The van der Waals surface area contributed by atoms with Crippen molar-refractivity contribution in [1.29, 1.82) is 0 Å². The minimum atomic E-state index is -0.703. The summed E-state index contributed by atoms with van der Waals surface area (Å²) >= 11 is 0. The van der Waals surface area contributed by atoms with Gasteiger partial charge in [-0.15, -0.1) is 0 Å². The number of rotatable bonds is 8. The van der Waals surface area contributed by atoms with Crippen LogP contribution in [0.1, 0.15) is 31.8 Å². The Labute approximate surface area is 163 Å². The number of esters is 1. The first-order valence-electron chi connectivity index (χ1n) is 8.62. The first kappa shape index (κ1) is 21.0. The molecule has 0 atom stereocenters. The highest BCUT2D eigenvalue weighted by Gasteiger charge is 2.14. The zero-order valence-electron chi connectivity index (χ0n) is 16.3. The average molecular weight is 385 g/mol. The van der Waals surface area contributed by atoms with Crippen molar-refractivity contribution < 1.29 is 28.6 Å². The Morgan fingerprint density at radius 2 is 1.54 bits per heavy atom. The maximum absolute atomic E-state index is 12.2. The third-order valence-electron chi connectivity index (χ3n) is 4.23.